The van der Waals surface area contributed by atoms with Crippen molar-refractivity contribution in [3.05, 3.63) is 34.1 Å². The Bertz CT molecular complexity index is 301. The van der Waals surface area contributed by atoms with E-state index in [0.717, 1.165) is 0 Å². The van der Waals surface area contributed by atoms with Crippen LogP contribution < -0.4 is 0 Å². The van der Waals surface area contributed by atoms with Gasteiger partial charge in [0.1, 0.15) is 12.9 Å². The molecule has 0 bridgehead atoms. The number of oxime groups is 1. The maximum Gasteiger partial charge on any atom is 0.133 e. The first-order valence-corrected chi connectivity index (χ1v) is 4.05. The molecule has 0 aromatic heterocycles. The standard InChI is InChI=1S/C8H7BrFNO/c1-12-11-5-6-2-3-7(9)4-8(6)10/h2-5H,1H3/b11-5+. The molecule has 0 aliphatic carbocycles. The summed E-state index contributed by atoms with van der Waals surface area (Å²) in [5.74, 6) is -0.329. The van der Waals surface area contributed by atoms with E-state index in [1.807, 2.05) is 0 Å². The molecule has 1 rings (SSSR count). The summed E-state index contributed by atoms with van der Waals surface area (Å²) in [6, 6.07) is 4.72. The van der Waals surface area contributed by atoms with Crippen LogP contribution in [0.1, 0.15) is 5.56 Å². The van der Waals surface area contributed by atoms with Gasteiger partial charge in [-0.25, -0.2) is 4.39 Å². The molecule has 0 atom stereocenters. The van der Waals surface area contributed by atoms with E-state index in [1.54, 1.807) is 12.1 Å². The quantitative estimate of drug-likeness (QED) is 0.567. The minimum absolute atomic E-state index is 0.329. The smallest absolute Gasteiger partial charge is 0.133 e. The van der Waals surface area contributed by atoms with Crippen molar-refractivity contribution in [2.24, 2.45) is 5.16 Å². The average Bonchev–Trinajstić information content (AvgIpc) is 2.03. The van der Waals surface area contributed by atoms with E-state index in [9.17, 15) is 4.39 Å². The van der Waals surface area contributed by atoms with Crippen LogP contribution in [0, 0.1) is 5.82 Å². The van der Waals surface area contributed by atoms with Gasteiger partial charge in [-0.1, -0.05) is 21.1 Å². The molecule has 0 amide bonds. The second-order valence-corrected chi connectivity index (χ2v) is 3.00. The summed E-state index contributed by atoms with van der Waals surface area (Å²) in [4.78, 5) is 4.42. The van der Waals surface area contributed by atoms with Crippen molar-refractivity contribution in [1.82, 2.24) is 0 Å². The Morgan fingerprint density at radius 3 is 2.92 bits per heavy atom. The van der Waals surface area contributed by atoms with E-state index < -0.39 is 0 Å². The van der Waals surface area contributed by atoms with Crippen molar-refractivity contribution in [2.75, 3.05) is 7.11 Å². The molecule has 0 saturated heterocycles. The SMILES string of the molecule is CO/N=C/c1ccc(Br)cc1F. The highest BCUT2D eigenvalue weighted by atomic mass is 79.9. The van der Waals surface area contributed by atoms with Gasteiger partial charge < -0.3 is 4.84 Å². The Balaban J connectivity index is 2.94. The van der Waals surface area contributed by atoms with Crippen LogP contribution in [0.3, 0.4) is 0 Å². The fourth-order valence-corrected chi connectivity index (χ4v) is 1.05. The van der Waals surface area contributed by atoms with Gasteiger partial charge >= 0.3 is 0 Å². The second kappa shape index (κ2) is 4.21. The van der Waals surface area contributed by atoms with Crippen molar-refractivity contribution in [2.45, 2.75) is 0 Å². The average molecular weight is 232 g/mol. The molecule has 12 heavy (non-hydrogen) atoms. The largest absolute Gasteiger partial charge is 0.399 e. The summed E-state index contributed by atoms with van der Waals surface area (Å²) in [6.45, 7) is 0. The van der Waals surface area contributed by atoms with Crippen molar-refractivity contribution < 1.29 is 9.23 Å². The van der Waals surface area contributed by atoms with Crippen LogP contribution in [-0.4, -0.2) is 13.3 Å². The molecule has 1 aromatic rings. The lowest BCUT2D eigenvalue weighted by atomic mass is 10.2. The van der Waals surface area contributed by atoms with Crippen LogP contribution in [0.4, 0.5) is 4.39 Å². The fraction of sp³-hybridized carbons (Fsp3) is 0.125. The highest BCUT2D eigenvalue weighted by Gasteiger charge is 1.98. The van der Waals surface area contributed by atoms with Gasteiger partial charge in [-0.3, -0.25) is 0 Å². The zero-order chi connectivity index (χ0) is 8.97. The summed E-state index contributed by atoms with van der Waals surface area (Å²) in [7, 11) is 1.41. The van der Waals surface area contributed by atoms with E-state index in [0.29, 0.717) is 10.0 Å². The summed E-state index contributed by atoms with van der Waals surface area (Å²) >= 11 is 3.15. The minimum atomic E-state index is -0.329. The van der Waals surface area contributed by atoms with E-state index in [2.05, 4.69) is 25.9 Å². The third kappa shape index (κ3) is 2.30. The monoisotopic (exact) mass is 231 g/mol. The number of nitrogens with zero attached hydrogens (tertiary/aromatic N) is 1. The van der Waals surface area contributed by atoms with Crippen LogP contribution in [0.15, 0.2) is 27.8 Å². The maximum absolute atomic E-state index is 13.0. The molecular weight excluding hydrogens is 225 g/mol. The molecule has 0 aliphatic rings. The van der Waals surface area contributed by atoms with E-state index >= 15 is 0 Å². The topological polar surface area (TPSA) is 21.6 Å². The molecule has 4 heteroatoms. The van der Waals surface area contributed by atoms with Gasteiger partial charge in [0.05, 0.1) is 6.21 Å². The molecule has 0 N–H and O–H groups in total. The molecule has 0 unspecified atom stereocenters. The molecule has 0 heterocycles. The van der Waals surface area contributed by atoms with Gasteiger partial charge in [0.25, 0.3) is 0 Å². The summed E-state index contributed by atoms with van der Waals surface area (Å²) in [5, 5.41) is 3.45. The first kappa shape index (κ1) is 9.19. The van der Waals surface area contributed by atoms with Crippen molar-refractivity contribution in [1.29, 1.82) is 0 Å². The van der Waals surface area contributed by atoms with E-state index in [4.69, 9.17) is 0 Å². The third-order valence-corrected chi connectivity index (χ3v) is 1.75. The van der Waals surface area contributed by atoms with E-state index in [1.165, 1.54) is 19.4 Å². The molecule has 64 valence electrons. The molecule has 0 saturated carbocycles. The first-order chi connectivity index (χ1) is 5.74. The summed E-state index contributed by atoms with van der Waals surface area (Å²) in [6.07, 6.45) is 1.32. The molecule has 0 aliphatic heterocycles. The third-order valence-electron chi connectivity index (χ3n) is 1.26. The Morgan fingerprint density at radius 1 is 1.58 bits per heavy atom. The van der Waals surface area contributed by atoms with Crippen LogP contribution >= 0.6 is 15.9 Å². The Morgan fingerprint density at radius 2 is 2.33 bits per heavy atom. The zero-order valence-corrected chi connectivity index (χ0v) is 8.01. The molecule has 0 fully saturated rings. The number of hydrogen-bond donors (Lipinski definition) is 0. The van der Waals surface area contributed by atoms with Crippen molar-refractivity contribution in [3.8, 4) is 0 Å². The van der Waals surface area contributed by atoms with Gasteiger partial charge in [-0.05, 0) is 18.2 Å². The predicted molar refractivity (Wildman–Crippen MR) is 48.7 cm³/mol. The van der Waals surface area contributed by atoms with Gasteiger partial charge in [0, 0.05) is 10.0 Å². The Hall–Kier alpha value is -0.900. The predicted octanol–water partition coefficient (Wildman–Crippen LogP) is 2.57. The zero-order valence-electron chi connectivity index (χ0n) is 6.42. The first-order valence-electron chi connectivity index (χ1n) is 3.25. The Labute approximate surface area is 78.2 Å². The number of halogens is 2. The lowest BCUT2D eigenvalue weighted by Crippen LogP contribution is -1.87. The summed E-state index contributed by atoms with van der Waals surface area (Å²) < 4.78 is 13.7. The number of benzene rings is 1. The van der Waals surface area contributed by atoms with Gasteiger partial charge in [-0.2, -0.15) is 0 Å². The number of rotatable bonds is 2. The molecular formula is C8H7BrFNO. The van der Waals surface area contributed by atoms with Crippen molar-refractivity contribution >= 4 is 22.1 Å². The fourth-order valence-electron chi connectivity index (χ4n) is 0.716. The van der Waals surface area contributed by atoms with E-state index in [-0.39, 0.29) is 5.82 Å². The lowest BCUT2D eigenvalue weighted by Gasteiger charge is -1.95. The molecule has 2 nitrogen and oxygen atoms in total. The van der Waals surface area contributed by atoms with Crippen LogP contribution in [0.25, 0.3) is 0 Å². The summed E-state index contributed by atoms with van der Waals surface area (Å²) in [5.41, 5.74) is 0.403. The molecule has 1 aromatic carbocycles. The van der Waals surface area contributed by atoms with Crippen LogP contribution in [-0.2, 0) is 4.84 Å². The Kier molecular flexibility index (Phi) is 3.22. The number of hydrogen-bond acceptors (Lipinski definition) is 2. The highest BCUT2D eigenvalue weighted by molar-refractivity contribution is 9.10. The van der Waals surface area contributed by atoms with Crippen LogP contribution in [0.5, 0.6) is 0 Å². The molecule has 0 radical (unpaired) electrons. The normalized spacial score (nSPS) is 10.6. The van der Waals surface area contributed by atoms with Crippen LogP contribution in [0.2, 0.25) is 0 Å². The minimum Gasteiger partial charge on any atom is -0.399 e. The lowest BCUT2D eigenvalue weighted by molar-refractivity contribution is 0.215. The second-order valence-electron chi connectivity index (χ2n) is 2.08. The molecule has 0 spiro atoms. The van der Waals surface area contributed by atoms with Gasteiger partial charge in [-0.15, -0.1) is 0 Å². The maximum atomic E-state index is 13.0. The highest BCUT2D eigenvalue weighted by Crippen LogP contribution is 2.13. The van der Waals surface area contributed by atoms with Gasteiger partial charge in [0.2, 0.25) is 0 Å². The van der Waals surface area contributed by atoms with Crippen molar-refractivity contribution in [3.63, 3.8) is 0 Å². The van der Waals surface area contributed by atoms with Gasteiger partial charge in [0.15, 0.2) is 0 Å².